The van der Waals surface area contributed by atoms with Gasteiger partial charge in [-0.2, -0.15) is 13.2 Å². The van der Waals surface area contributed by atoms with Crippen LogP contribution < -0.4 is 0 Å². The maximum atomic E-state index is 13.3. The summed E-state index contributed by atoms with van der Waals surface area (Å²) in [5.74, 6) is -0.981. The van der Waals surface area contributed by atoms with Gasteiger partial charge in [-0.3, -0.25) is 4.79 Å². The van der Waals surface area contributed by atoms with Crippen molar-refractivity contribution >= 4 is 33.5 Å². The molecule has 0 aliphatic rings. The maximum absolute atomic E-state index is 13.3. The Bertz CT molecular complexity index is 1010. The molecule has 1 heterocycles. The van der Waals surface area contributed by atoms with E-state index >= 15 is 0 Å². The average molecular weight is 473 g/mol. The van der Waals surface area contributed by atoms with Crippen LogP contribution in [0.2, 0.25) is 5.02 Å². The van der Waals surface area contributed by atoms with E-state index in [4.69, 9.17) is 16.7 Å². The largest absolute Gasteiger partial charge is 0.481 e. The van der Waals surface area contributed by atoms with Gasteiger partial charge in [-0.1, -0.05) is 39.7 Å². The second-order valence-corrected chi connectivity index (χ2v) is 7.43. The van der Waals surface area contributed by atoms with Crippen LogP contribution in [0, 0.1) is 0 Å². The molecule has 0 aliphatic heterocycles. The number of carboxylic acid groups (broad SMARTS) is 1. The highest BCUT2D eigenvalue weighted by atomic mass is 79.9. The van der Waals surface area contributed by atoms with Crippen molar-refractivity contribution < 1.29 is 23.1 Å². The summed E-state index contributed by atoms with van der Waals surface area (Å²) in [5, 5.41) is 8.61. The number of nitrogens with zero attached hydrogens (tertiary/aromatic N) is 1. The van der Waals surface area contributed by atoms with Gasteiger partial charge in [-0.15, -0.1) is 0 Å². The molecular weight excluding hydrogens is 459 g/mol. The number of aliphatic carboxylic acids is 1. The minimum absolute atomic E-state index is 0.135. The lowest BCUT2D eigenvalue weighted by molar-refractivity contribution is -0.138. The number of hydrogen-bond donors (Lipinski definition) is 1. The zero-order valence-corrected chi connectivity index (χ0v) is 16.6. The molecule has 3 aromatic rings. The molecule has 0 spiro atoms. The van der Waals surface area contributed by atoms with Crippen LogP contribution in [0.4, 0.5) is 13.2 Å². The molecule has 0 saturated heterocycles. The minimum Gasteiger partial charge on any atom is -0.481 e. The zero-order chi connectivity index (χ0) is 20.5. The second-order valence-electron chi connectivity index (χ2n) is 6.11. The topological polar surface area (TPSA) is 42.2 Å². The normalized spacial score (nSPS) is 11.6. The van der Waals surface area contributed by atoms with Crippen molar-refractivity contribution in [1.82, 2.24) is 4.57 Å². The molecule has 2 aromatic carbocycles. The summed E-state index contributed by atoms with van der Waals surface area (Å²) in [4.78, 5) is 11.0. The van der Waals surface area contributed by atoms with Crippen LogP contribution in [0.15, 0.2) is 59.1 Å². The molecule has 1 N–H and O–H groups in total. The third kappa shape index (κ3) is 4.42. The fraction of sp³-hybridized carbons (Fsp3) is 0.150. The highest BCUT2D eigenvalue weighted by Gasteiger charge is 2.33. The SMILES string of the molecule is O=C(O)CCc1ccc(-c2ccc(Br)cc2)n1-c1ccc(Cl)c(C(F)(F)F)c1. The molecule has 0 amide bonds. The van der Waals surface area contributed by atoms with Gasteiger partial charge in [0.1, 0.15) is 0 Å². The lowest BCUT2D eigenvalue weighted by Crippen LogP contribution is -2.09. The van der Waals surface area contributed by atoms with Crippen molar-refractivity contribution in [3.63, 3.8) is 0 Å². The average Bonchev–Trinajstić information content (AvgIpc) is 3.04. The third-order valence-electron chi connectivity index (χ3n) is 4.21. The summed E-state index contributed by atoms with van der Waals surface area (Å²) >= 11 is 9.10. The van der Waals surface area contributed by atoms with Gasteiger partial charge in [0, 0.05) is 15.9 Å². The first-order chi connectivity index (χ1) is 13.2. The Morgan fingerprint density at radius 1 is 1.07 bits per heavy atom. The number of carbonyl (C=O) groups is 1. The molecule has 3 rings (SSSR count). The summed E-state index contributed by atoms with van der Waals surface area (Å²) in [6.07, 6.45) is -4.56. The molecule has 8 heteroatoms. The highest BCUT2D eigenvalue weighted by molar-refractivity contribution is 9.10. The van der Waals surface area contributed by atoms with Gasteiger partial charge in [0.05, 0.1) is 22.7 Å². The summed E-state index contributed by atoms with van der Waals surface area (Å²) in [6, 6.07) is 14.5. The Hall–Kier alpha value is -2.25. The smallest absolute Gasteiger partial charge is 0.417 e. The van der Waals surface area contributed by atoms with Crippen LogP contribution in [-0.4, -0.2) is 15.6 Å². The van der Waals surface area contributed by atoms with E-state index in [1.54, 1.807) is 16.7 Å². The standard InChI is InChI=1S/C20H14BrClF3NO2/c21-13-3-1-12(2-4-13)18-9-6-14(7-10-19(27)28)26(18)15-5-8-17(22)16(11-15)20(23,24)25/h1-6,8-9,11H,7,10H2,(H,27,28). The molecule has 28 heavy (non-hydrogen) atoms. The van der Waals surface area contributed by atoms with Crippen LogP contribution in [0.3, 0.4) is 0 Å². The lowest BCUT2D eigenvalue weighted by Gasteiger charge is -2.17. The van der Waals surface area contributed by atoms with Crippen molar-refractivity contribution in [2.24, 2.45) is 0 Å². The molecule has 3 nitrogen and oxygen atoms in total. The van der Waals surface area contributed by atoms with Gasteiger partial charge in [0.15, 0.2) is 0 Å². The molecule has 0 aliphatic carbocycles. The Labute approximate surface area is 172 Å². The van der Waals surface area contributed by atoms with Gasteiger partial charge in [-0.05, 0) is 54.4 Å². The van der Waals surface area contributed by atoms with E-state index in [0.717, 1.165) is 16.1 Å². The van der Waals surface area contributed by atoms with Gasteiger partial charge in [0.25, 0.3) is 0 Å². The Balaban J connectivity index is 2.18. The molecule has 0 unspecified atom stereocenters. The van der Waals surface area contributed by atoms with Crippen molar-refractivity contribution in [1.29, 1.82) is 0 Å². The predicted octanol–water partition coefficient (Wildman–Crippen LogP) is 6.60. The van der Waals surface area contributed by atoms with Crippen LogP contribution in [0.25, 0.3) is 16.9 Å². The van der Waals surface area contributed by atoms with E-state index in [2.05, 4.69) is 15.9 Å². The lowest BCUT2D eigenvalue weighted by atomic mass is 10.1. The van der Waals surface area contributed by atoms with Crippen LogP contribution in [0.1, 0.15) is 17.7 Å². The molecule has 0 atom stereocenters. The molecular formula is C20H14BrClF3NO2. The summed E-state index contributed by atoms with van der Waals surface area (Å²) < 4.78 is 42.5. The fourth-order valence-electron chi connectivity index (χ4n) is 2.93. The number of hydrogen-bond acceptors (Lipinski definition) is 1. The molecule has 0 saturated carbocycles. The summed E-state index contributed by atoms with van der Waals surface area (Å²) in [7, 11) is 0. The quantitative estimate of drug-likeness (QED) is 0.455. The molecule has 0 fully saturated rings. The number of aromatic nitrogens is 1. The summed E-state index contributed by atoms with van der Waals surface area (Å²) in [6.45, 7) is 0. The number of aryl methyl sites for hydroxylation is 1. The van der Waals surface area contributed by atoms with E-state index in [0.29, 0.717) is 11.4 Å². The fourth-order valence-corrected chi connectivity index (χ4v) is 3.42. The van der Waals surface area contributed by atoms with E-state index in [1.807, 2.05) is 24.3 Å². The van der Waals surface area contributed by atoms with Crippen LogP contribution in [-0.2, 0) is 17.4 Å². The van der Waals surface area contributed by atoms with E-state index < -0.39 is 17.7 Å². The van der Waals surface area contributed by atoms with Gasteiger partial charge in [0.2, 0.25) is 0 Å². The van der Waals surface area contributed by atoms with Crippen molar-refractivity contribution in [3.8, 4) is 16.9 Å². The van der Waals surface area contributed by atoms with Crippen molar-refractivity contribution in [2.45, 2.75) is 19.0 Å². The molecule has 0 radical (unpaired) electrons. The Morgan fingerprint density at radius 3 is 2.36 bits per heavy atom. The summed E-state index contributed by atoms with van der Waals surface area (Å²) in [5.41, 5.74) is 1.36. The highest BCUT2D eigenvalue weighted by Crippen LogP contribution is 2.37. The van der Waals surface area contributed by atoms with Crippen LogP contribution in [0.5, 0.6) is 0 Å². The Morgan fingerprint density at radius 2 is 1.75 bits per heavy atom. The molecule has 0 bridgehead atoms. The number of carboxylic acids is 1. The molecule has 1 aromatic heterocycles. The van der Waals surface area contributed by atoms with Crippen molar-refractivity contribution in [3.05, 3.63) is 75.4 Å². The monoisotopic (exact) mass is 471 g/mol. The second kappa shape index (κ2) is 8.01. The van der Waals surface area contributed by atoms with Gasteiger partial charge in [-0.25, -0.2) is 0 Å². The van der Waals surface area contributed by atoms with Gasteiger partial charge < -0.3 is 9.67 Å². The molecule has 146 valence electrons. The number of benzene rings is 2. The predicted molar refractivity (Wildman–Crippen MR) is 105 cm³/mol. The third-order valence-corrected chi connectivity index (χ3v) is 5.07. The first-order valence-electron chi connectivity index (χ1n) is 8.22. The van der Waals surface area contributed by atoms with E-state index in [-0.39, 0.29) is 23.6 Å². The first-order valence-corrected chi connectivity index (χ1v) is 9.39. The van der Waals surface area contributed by atoms with E-state index in [1.165, 1.54) is 12.1 Å². The number of rotatable bonds is 5. The van der Waals surface area contributed by atoms with Gasteiger partial charge >= 0.3 is 12.1 Å². The first kappa shape index (κ1) is 20.5. The zero-order valence-electron chi connectivity index (χ0n) is 14.3. The van der Waals surface area contributed by atoms with E-state index in [9.17, 15) is 18.0 Å². The van der Waals surface area contributed by atoms with Crippen molar-refractivity contribution in [2.75, 3.05) is 0 Å². The Kier molecular flexibility index (Phi) is 5.86. The number of alkyl halides is 3. The number of halogens is 5. The minimum atomic E-state index is -4.60. The maximum Gasteiger partial charge on any atom is 0.417 e. The van der Waals surface area contributed by atoms with Crippen LogP contribution >= 0.6 is 27.5 Å².